The van der Waals surface area contributed by atoms with Crippen LogP contribution in [0.25, 0.3) is 0 Å². The zero-order chi connectivity index (χ0) is 15.3. The number of pyridine rings is 1. The smallest absolute Gasteiger partial charge is 0.188 e. The molecule has 118 valence electrons. The van der Waals surface area contributed by atoms with Gasteiger partial charge in [0.05, 0.1) is 0 Å². The van der Waals surface area contributed by atoms with Crippen molar-refractivity contribution in [3.8, 4) is 0 Å². The van der Waals surface area contributed by atoms with Gasteiger partial charge in [-0.3, -0.25) is 9.98 Å². The highest BCUT2D eigenvalue weighted by Gasteiger charge is 1.98. The molecule has 1 aromatic rings. The summed E-state index contributed by atoms with van der Waals surface area (Å²) in [7, 11) is 0. The van der Waals surface area contributed by atoms with Gasteiger partial charge in [0, 0.05) is 31.4 Å². The lowest BCUT2D eigenvalue weighted by Crippen LogP contribution is -2.33. The lowest BCUT2D eigenvalue weighted by Gasteiger charge is -2.17. The zero-order valence-corrected chi connectivity index (χ0v) is 13.4. The molecule has 0 aromatic carbocycles. The quantitative estimate of drug-likeness (QED) is 0.391. The minimum absolute atomic E-state index is 0.536. The normalized spacial score (nSPS) is 11.9. The summed E-state index contributed by atoms with van der Waals surface area (Å²) in [6.07, 6.45) is 4.92. The molecule has 0 saturated heterocycles. The van der Waals surface area contributed by atoms with Crippen molar-refractivity contribution < 1.29 is 0 Å². The van der Waals surface area contributed by atoms with Crippen LogP contribution >= 0.6 is 0 Å². The van der Waals surface area contributed by atoms with Gasteiger partial charge in [-0.05, 0) is 44.6 Å². The number of nitrogens with one attached hydrogen (secondary N) is 1. The molecule has 0 amide bonds. The molecule has 1 rings (SSSR count). The summed E-state index contributed by atoms with van der Waals surface area (Å²) >= 11 is 0. The number of aliphatic imine (C=N–C) groups is 1. The predicted molar refractivity (Wildman–Crippen MR) is 89.5 cm³/mol. The fourth-order valence-electron chi connectivity index (χ4n) is 2.11. The molecule has 0 aliphatic heterocycles. The summed E-state index contributed by atoms with van der Waals surface area (Å²) in [6.45, 7) is 9.36. The molecule has 0 fully saturated rings. The van der Waals surface area contributed by atoms with Crippen LogP contribution in [0.2, 0.25) is 0 Å². The van der Waals surface area contributed by atoms with Crippen molar-refractivity contribution in [3.63, 3.8) is 0 Å². The van der Waals surface area contributed by atoms with E-state index in [1.54, 1.807) is 0 Å². The van der Waals surface area contributed by atoms with Crippen molar-refractivity contribution in [1.82, 2.24) is 15.2 Å². The fourth-order valence-corrected chi connectivity index (χ4v) is 2.11. The van der Waals surface area contributed by atoms with E-state index < -0.39 is 0 Å². The molecule has 0 spiro atoms. The Hall–Kier alpha value is -1.62. The van der Waals surface area contributed by atoms with Gasteiger partial charge in [0.1, 0.15) is 0 Å². The van der Waals surface area contributed by atoms with Crippen molar-refractivity contribution in [2.24, 2.45) is 10.7 Å². The Morgan fingerprint density at radius 2 is 2.10 bits per heavy atom. The van der Waals surface area contributed by atoms with Crippen LogP contribution in [0.4, 0.5) is 0 Å². The molecule has 0 saturated carbocycles. The van der Waals surface area contributed by atoms with Crippen molar-refractivity contribution in [3.05, 3.63) is 30.1 Å². The summed E-state index contributed by atoms with van der Waals surface area (Å²) < 4.78 is 0. The number of hydrogen-bond acceptors (Lipinski definition) is 3. The average Bonchev–Trinajstić information content (AvgIpc) is 2.52. The third kappa shape index (κ3) is 8.30. The maximum Gasteiger partial charge on any atom is 0.188 e. The molecule has 1 heterocycles. The summed E-state index contributed by atoms with van der Waals surface area (Å²) in [6, 6.07) is 5.93. The molecule has 0 atom stereocenters. The van der Waals surface area contributed by atoms with E-state index in [2.05, 4.69) is 34.0 Å². The Bertz CT molecular complexity index is 387. The topological polar surface area (TPSA) is 66.5 Å². The van der Waals surface area contributed by atoms with Crippen molar-refractivity contribution in [2.75, 3.05) is 32.7 Å². The largest absolute Gasteiger partial charge is 0.370 e. The number of guanidine groups is 1. The monoisotopic (exact) mass is 291 g/mol. The van der Waals surface area contributed by atoms with E-state index in [1.165, 1.54) is 6.42 Å². The van der Waals surface area contributed by atoms with E-state index in [4.69, 9.17) is 5.73 Å². The molecular formula is C16H29N5. The van der Waals surface area contributed by atoms with Crippen LogP contribution in [0.15, 0.2) is 29.4 Å². The van der Waals surface area contributed by atoms with Gasteiger partial charge < -0.3 is 16.0 Å². The highest BCUT2D eigenvalue weighted by atomic mass is 15.1. The second-order valence-corrected chi connectivity index (χ2v) is 5.00. The van der Waals surface area contributed by atoms with E-state index in [9.17, 15) is 0 Å². The predicted octanol–water partition coefficient (Wildman–Crippen LogP) is 1.65. The number of unbranched alkanes of at least 4 members (excludes halogenated alkanes) is 1. The zero-order valence-electron chi connectivity index (χ0n) is 13.4. The second-order valence-electron chi connectivity index (χ2n) is 5.00. The van der Waals surface area contributed by atoms with Crippen LogP contribution in [0.1, 0.15) is 32.4 Å². The molecule has 21 heavy (non-hydrogen) atoms. The minimum atomic E-state index is 0.536. The lowest BCUT2D eigenvalue weighted by atomic mass is 10.3. The molecule has 0 aliphatic carbocycles. The second kappa shape index (κ2) is 11.1. The van der Waals surface area contributed by atoms with Gasteiger partial charge in [-0.1, -0.05) is 19.9 Å². The van der Waals surface area contributed by atoms with Crippen LogP contribution in [0.5, 0.6) is 0 Å². The van der Waals surface area contributed by atoms with Crippen molar-refractivity contribution >= 4 is 5.96 Å². The van der Waals surface area contributed by atoms with Gasteiger partial charge in [0.15, 0.2) is 5.96 Å². The SMILES string of the molecule is CCN(CC)CCCCN=C(N)NCCc1ccccn1. The molecule has 0 bridgehead atoms. The van der Waals surface area contributed by atoms with Gasteiger partial charge in [-0.2, -0.15) is 0 Å². The first-order valence-electron chi connectivity index (χ1n) is 7.92. The average molecular weight is 291 g/mol. The maximum absolute atomic E-state index is 5.84. The van der Waals surface area contributed by atoms with Gasteiger partial charge in [0.25, 0.3) is 0 Å². The first-order chi connectivity index (χ1) is 10.3. The number of rotatable bonds is 10. The Labute approximate surface area is 128 Å². The molecule has 5 heteroatoms. The molecule has 3 N–H and O–H groups in total. The van der Waals surface area contributed by atoms with Crippen LogP contribution in [-0.2, 0) is 6.42 Å². The van der Waals surface area contributed by atoms with Gasteiger partial charge in [0.2, 0.25) is 0 Å². The number of nitrogens with zero attached hydrogens (tertiary/aromatic N) is 3. The van der Waals surface area contributed by atoms with Gasteiger partial charge in [-0.15, -0.1) is 0 Å². The maximum atomic E-state index is 5.84. The van der Waals surface area contributed by atoms with Crippen LogP contribution in [-0.4, -0.2) is 48.6 Å². The van der Waals surface area contributed by atoms with Gasteiger partial charge >= 0.3 is 0 Å². The summed E-state index contributed by atoms with van der Waals surface area (Å²) in [5.74, 6) is 0.536. The molecule has 5 nitrogen and oxygen atoms in total. The summed E-state index contributed by atoms with van der Waals surface area (Å²) in [5, 5.41) is 3.13. The molecule has 1 aromatic heterocycles. The lowest BCUT2D eigenvalue weighted by molar-refractivity contribution is 0.297. The van der Waals surface area contributed by atoms with E-state index in [-0.39, 0.29) is 0 Å². The van der Waals surface area contributed by atoms with Gasteiger partial charge in [-0.25, -0.2) is 0 Å². The standard InChI is InChI=1S/C16H29N5/c1-3-21(4-2)14-8-7-12-19-16(17)20-13-10-15-9-5-6-11-18-15/h5-6,9,11H,3-4,7-8,10,12-14H2,1-2H3,(H3,17,19,20). The van der Waals surface area contributed by atoms with E-state index in [1.807, 2.05) is 24.4 Å². The third-order valence-corrected chi connectivity index (χ3v) is 3.47. The highest BCUT2D eigenvalue weighted by molar-refractivity contribution is 5.77. The summed E-state index contributed by atoms with van der Waals surface area (Å²) in [4.78, 5) is 11.0. The van der Waals surface area contributed by atoms with Crippen LogP contribution in [0.3, 0.4) is 0 Å². The molecule has 0 unspecified atom stereocenters. The Morgan fingerprint density at radius 1 is 1.29 bits per heavy atom. The Morgan fingerprint density at radius 3 is 2.76 bits per heavy atom. The van der Waals surface area contributed by atoms with E-state index in [0.717, 1.165) is 51.3 Å². The van der Waals surface area contributed by atoms with Crippen molar-refractivity contribution in [2.45, 2.75) is 33.1 Å². The number of aromatic nitrogens is 1. The first-order valence-corrected chi connectivity index (χ1v) is 7.92. The van der Waals surface area contributed by atoms with Crippen LogP contribution < -0.4 is 11.1 Å². The molecule has 0 radical (unpaired) electrons. The Balaban J connectivity index is 2.07. The van der Waals surface area contributed by atoms with E-state index in [0.29, 0.717) is 5.96 Å². The third-order valence-electron chi connectivity index (χ3n) is 3.47. The Kier molecular flexibility index (Phi) is 9.20. The minimum Gasteiger partial charge on any atom is -0.370 e. The first kappa shape index (κ1) is 17.4. The van der Waals surface area contributed by atoms with E-state index >= 15 is 0 Å². The van der Waals surface area contributed by atoms with Crippen molar-refractivity contribution in [1.29, 1.82) is 0 Å². The highest BCUT2D eigenvalue weighted by Crippen LogP contribution is 1.95. The number of hydrogen-bond donors (Lipinski definition) is 2. The molecular weight excluding hydrogens is 262 g/mol. The number of nitrogens with two attached hydrogens (primary N) is 1. The van der Waals surface area contributed by atoms with Crippen LogP contribution in [0, 0.1) is 0 Å². The fraction of sp³-hybridized carbons (Fsp3) is 0.625. The summed E-state index contributed by atoms with van der Waals surface area (Å²) in [5.41, 5.74) is 6.91. The molecule has 0 aliphatic rings.